The van der Waals surface area contributed by atoms with Crippen LogP contribution in [0.2, 0.25) is 0 Å². The highest BCUT2D eigenvalue weighted by molar-refractivity contribution is 6.05. The van der Waals surface area contributed by atoms with Gasteiger partial charge in [0.05, 0.1) is 41.5 Å². The Morgan fingerprint density at radius 3 is 2.44 bits per heavy atom. The number of benzene rings is 2. The first-order valence-electron chi connectivity index (χ1n) is 20.6. The quantitative estimate of drug-likeness (QED) is 0.209. The molecule has 2 saturated heterocycles. The average molecular weight is 775 g/mol. The van der Waals surface area contributed by atoms with Gasteiger partial charge in [0.15, 0.2) is 0 Å². The van der Waals surface area contributed by atoms with Gasteiger partial charge in [-0.2, -0.15) is 5.10 Å². The zero-order valence-corrected chi connectivity index (χ0v) is 32.5. The number of aryl methyl sites for hydroxylation is 1. The van der Waals surface area contributed by atoms with Crippen molar-refractivity contribution in [2.75, 3.05) is 38.2 Å². The summed E-state index contributed by atoms with van der Waals surface area (Å²) in [6, 6.07) is 14.8. The summed E-state index contributed by atoms with van der Waals surface area (Å²) in [6.07, 6.45) is 11.8. The molecular weight excluding hydrogens is 725 g/mol. The molecule has 9 rings (SSSR count). The van der Waals surface area contributed by atoms with Crippen LogP contribution >= 0.6 is 0 Å². The van der Waals surface area contributed by atoms with E-state index in [0.29, 0.717) is 54.8 Å². The van der Waals surface area contributed by atoms with Gasteiger partial charge < -0.3 is 19.7 Å². The lowest BCUT2D eigenvalue weighted by molar-refractivity contribution is -0.135. The number of nitrogens with zero attached hydrogens (tertiary/aromatic N) is 6. The predicted molar refractivity (Wildman–Crippen MR) is 215 cm³/mol. The van der Waals surface area contributed by atoms with Crippen LogP contribution in [0.4, 0.5) is 5.69 Å². The number of hydrogen-bond donors (Lipinski definition) is 2. The van der Waals surface area contributed by atoms with Crippen molar-refractivity contribution in [1.82, 2.24) is 34.1 Å². The minimum absolute atomic E-state index is 0.220. The maximum absolute atomic E-state index is 13.5. The molecule has 3 aromatic heterocycles. The minimum atomic E-state index is -0.682. The minimum Gasteiger partial charge on any atom is -0.491 e. The molecule has 14 nitrogen and oxygen atoms in total. The van der Waals surface area contributed by atoms with Crippen LogP contribution in [0, 0.1) is 5.92 Å². The smallest absolute Gasteiger partial charge is 0.329 e. The number of likely N-dealkylation sites (tertiary alicyclic amines) is 1. The largest absolute Gasteiger partial charge is 0.491 e. The van der Waals surface area contributed by atoms with Crippen molar-refractivity contribution in [2.45, 2.75) is 88.6 Å². The molecule has 2 aromatic carbocycles. The third-order valence-electron chi connectivity index (χ3n) is 12.5. The predicted octanol–water partition coefficient (Wildman–Crippen LogP) is 5.87. The number of ether oxygens (including phenoxy) is 2. The fraction of sp³-hybridized carbons (Fsp3) is 0.488. The number of anilines is 1. The van der Waals surface area contributed by atoms with Crippen LogP contribution in [-0.4, -0.2) is 79.4 Å². The number of carbonyl (C=O) groups excluding carboxylic acids is 3. The molecule has 1 aliphatic carbocycles. The van der Waals surface area contributed by atoms with Gasteiger partial charge in [0, 0.05) is 43.7 Å². The number of para-hydroxylation sites is 1. The summed E-state index contributed by atoms with van der Waals surface area (Å²) in [5.74, 6) is 1.01. The van der Waals surface area contributed by atoms with Gasteiger partial charge in [0.1, 0.15) is 17.5 Å². The van der Waals surface area contributed by atoms with E-state index in [1.54, 1.807) is 34.4 Å². The SMILES string of the molecule is Cn1c(=O)n(C2CCC(=O)NC2=O)c2cccc(C3CCN(C[C@H]4CC[C@H](n5cc6cc7c(cc6n5)OCCCCCOc5cccc(n5)C(=O)N7)CC4)CC3)c21. The Hall–Kier alpha value is -5.50. The summed E-state index contributed by atoms with van der Waals surface area (Å²) in [4.78, 5) is 58.3. The number of carbonyl (C=O) groups is 3. The Labute approximate surface area is 330 Å². The van der Waals surface area contributed by atoms with Gasteiger partial charge in [-0.15, -0.1) is 0 Å². The number of hydrogen-bond acceptors (Lipinski definition) is 9. The van der Waals surface area contributed by atoms with Gasteiger partial charge in [-0.1, -0.05) is 18.2 Å². The fourth-order valence-corrected chi connectivity index (χ4v) is 9.44. The van der Waals surface area contributed by atoms with E-state index in [-0.39, 0.29) is 29.6 Å². The molecule has 1 atom stereocenters. The molecule has 57 heavy (non-hydrogen) atoms. The number of aromatic nitrogens is 5. The van der Waals surface area contributed by atoms with Gasteiger partial charge in [0.2, 0.25) is 17.7 Å². The molecule has 5 aromatic rings. The Balaban J connectivity index is 0.826. The third kappa shape index (κ3) is 7.54. The zero-order chi connectivity index (χ0) is 39.0. The summed E-state index contributed by atoms with van der Waals surface area (Å²) in [5.41, 5.74) is 4.35. The van der Waals surface area contributed by atoms with Crippen LogP contribution in [0.5, 0.6) is 11.6 Å². The number of piperidine rings is 2. The Bertz CT molecular complexity index is 2380. The molecule has 3 amide bonds. The highest BCUT2D eigenvalue weighted by atomic mass is 16.5. The van der Waals surface area contributed by atoms with Crippen molar-refractivity contribution in [3.63, 3.8) is 0 Å². The van der Waals surface area contributed by atoms with Crippen LogP contribution in [0.15, 0.2) is 59.5 Å². The van der Waals surface area contributed by atoms with E-state index in [2.05, 4.69) is 37.5 Å². The third-order valence-corrected chi connectivity index (χ3v) is 12.5. The second kappa shape index (κ2) is 15.8. The van der Waals surface area contributed by atoms with Gasteiger partial charge in [-0.3, -0.25) is 33.5 Å². The number of imidazole rings is 1. The van der Waals surface area contributed by atoms with E-state index in [9.17, 15) is 19.2 Å². The topological polar surface area (TPSA) is 155 Å². The first kappa shape index (κ1) is 37.1. The van der Waals surface area contributed by atoms with E-state index in [4.69, 9.17) is 14.6 Å². The lowest BCUT2D eigenvalue weighted by atomic mass is 9.84. The summed E-state index contributed by atoms with van der Waals surface area (Å²) >= 11 is 0. The highest BCUT2D eigenvalue weighted by Gasteiger charge is 2.33. The lowest BCUT2D eigenvalue weighted by Crippen LogP contribution is -2.44. The van der Waals surface area contributed by atoms with Crippen molar-refractivity contribution >= 4 is 45.3 Å². The van der Waals surface area contributed by atoms with Gasteiger partial charge in [-0.05, 0) is 113 Å². The molecule has 1 saturated carbocycles. The van der Waals surface area contributed by atoms with E-state index in [1.165, 1.54) is 0 Å². The van der Waals surface area contributed by atoms with Crippen molar-refractivity contribution in [3.05, 3.63) is 76.5 Å². The van der Waals surface area contributed by atoms with Crippen molar-refractivity contribution in [1.29, 1.82) is 0 Å². The molecule has 6 heterocycles. The normalized spacial score (nSPS) is 23.0. The first-order chi connectivity index (χ1) is 27.8. The second-order valence-electron chi connectivity index (χ2n) is 16.2. The molecule has 0 radical (unpaired) electrons. The molecule has 298 valence electrons. The van der Waals surface area contributed by atoms with Crippen molar-refractivity contribution in [3.8, 4) is 11.6 Å². The Morgan fingerprint density at radius 2 is 1.63 bits per heavy atom. The monoisotopic (exact) mass is 774 g/mol. The molecular formula is C43H50N8O6. The lowest BCUT2D eigenvalue weighted by Gasteiger charge is -2.37. The molecule has 2 N–H and O–H groups in total. The molecule has 1 unspecified atom stereocenters. The Morgan fingerprint density at radius 1 is 0.842 bits per heavy atom. The number of nitrogens with one attached hydrogen (secondary N) is 2. The number of pyridine rings is 1. The van der Waals surface area contributed by atoms with Gasteiger partial charge in [0.25, 0.3) is 5.91 Å². The standard InChI is InChI=1S/C43H50N8O6/c1-48-40-31(7-5-9-35(40)51(43(48)55)36-15-16-38(52)46-42(36)54)28-17-19-49(20-18-28)25-27-11-13-30(14-12-27)50-26-29-23-34-37(24-33(29)47-50)56-21-3-2-4-22-57-39-10-6-8-32(44-39)41(53)45-34/h5-10,23-24,26-28,30,36H,2-4,11-22,25H2,1H3,(H,45,53)(H,46,52,54)/t27-,30-,36?. The summed E-state index contributed by atoms with van der Waals surface area (Å²) < 4.78 is 17.4. The number of imide groups is 1. The van der Waals surface area contributed by atoms with Crippen molar-refractivity contribution in [2.24, 2.45) is 13.0 Å². The van der Waals surface area contributed by atoms with Crippen molar-refractivity contribution < 1.29 is 23.9 Å². The van der Waals surface area contributed by atoms with E-state index in [1.807, 2.05) is 24.3 Å². The molecule has 3 aliphatic heterocycles. The number of amides is 3. The summed E-state index contributed by atoms with van der Waals surface area (Å²) in [5, 5.41) is 11.4. The Kier molecular flexibility index (Phi) is 10.3. The van der Waals surface area contributed by atoms with Crippen LogP contribution < -0.4 is 25.8 Å². The van der Waals surface area contributed by atoms with Crippen LogP contribution in [0.25, 0.3) is 21.9 Å². The van der Waals surface area contributed by atoms with Crippen LogP contribution in [0.3, 0.4) is 0 Å². The van der Waals surface area contributed by atoms with E-state index < -0.39 is 11.9 Å². The maximum Gasteiger partial charge on any atom is 0.329 e. The zero-order valence-electron chi connectivity index (χ0n) is 32.5. The van der Waals surface area contributed by atoms with Gasteiger partial charge in [-0.25, -0.2) is 9.78 Å². The molecule has 14 heteroatoms. The molecule has 3 fully saturated rings. The summed E-state index contributed by atoms with van der Waals surface area (Å²) in [6.45, 7) is 4.18. The van der Waals surface area contributed by atoms with E-state index in [0.717, 1.165) is 105 Å². The maximum atomic E-state index is 13.5. The number of fused-ring (bicyclic) bond motifs is 5. The van der Waals surface area contributed by atoms with E-state index >= 15 is 0 Å². The van der Waals surface area contributed by atoms with Crippen LogP contribution in [-0.2, 0) is 16.6 Å². The number of rotatable bonds is 5. The highest BCUT2D eigenvalue weighted by Crippen LogP contribution is 2.38. The summed E-state index contributed by atoms with van der Waals surface area (Å²) in [7, 11) is 1.79. The molecule has 4 aliphatic rings. The first-order valence-corrected chi connectivity index (χ1v) is 20.6. The molecule has 0 spiro atoms. The van der Waals surface area contributed by atoms with Gasteiger partial charge >= 0.3 is 5.69 Å². The second-order valence-corrected chi connectivity index (χ2v) is 16.2. The average Bonchev–Trinajstić information content (AvgIpc) is 3.75. The fourth-order valence-electron chi connectivity index (χ4n) is 9.44. The van der Waals surface area contributed by atoms with Crippen LogP contribution in [0.1, 0.15) is 105 Å². The molecule has 2 bridgehead atoms.